The average Bonchev–Trinajstić information content (AvgIpc) is 2.71. The summed E-state index contributed by atoms with van der Waals surface area (Å²) in [6.45, 7) is 4.28. The van der Waals surface area contributed by atoms with E-state index < -0.39 is 0 Å². The maximum Gasteiger partial charge on any atom is 0.125 e. The molecule has 0 amide bonds. The molecule has 1 fully saturated rings. The van der Waals surface area contributed by atoms with Gasteiger partial charge in [0.1, 0.15) is 5.75 Å². The van der Waals surface area contributed by atoms with Crippen molar-refractivity contribution in [3.05, 3.63) is 27.7 Å². The SMILES string of the molecule is CCC(N)Cc1cc(Br)cc(C)c1OC1CCCCCC1. The van der Waals surface area contributed by atoms with Gasteiger partial charge < -0.3 is 10.5 Å². The molecule has 1 aliphatic carbocycles. The van der Waals surface area contributed by atoms with Gasteiger partial charge in [-0.25, -0.2) is 0 Å². The summed E-state index contributed by atoms with van der Waals surface area (Å²) in [5.74, 6) is 1.08. The van der Waals surface area contributed by atoms with Gasteiger partial charge in [-0.3, -0.25) is 0 Å². The highest BCUT2D eigenvalue weighted by atomic mass is 79.9. The Morgan fingerprint density at radius 1 is 1.24 bits per heavy atom. The Kier molecular flexibility index (Phi) is 6.56. The Bertz CT molecular complexity index is 453. The monoisotopic (exact) mass is 353 g/mol. The largest absolute Gasteiger partial charge is 0.490 e. The first-order chi connectivity index (χ1) is 10.1. The van der Waals surface area contributed by atoms with Crippen LogP contribution in [0.15, 0.2) is 16.6 Å². The van der Waals surface area contributed by atoms with Crippen LogP contribution in [-0.2, 0) is 6.42 Å². The first kappa shape index (κ1) is 16.8. The van der Waals surface area contributed by atoms with Gasteiger partial charge in [0, 0.05) is 10.5 Å². The van der Waals surface area contributed by atoms with Gasteiger partial charge in [-0.1, -0.05) is 35.7 Å². The van der Waals surface area contributed by atoms with Crippen molar-refractivity contribution in [1.29, 1.82) is 0 Å². The Hall–Kier alpha value is -0.540. The summed E-state index contributed by atoms with van der Waals surface area (Å²) in [7, 11) is 0. The molecule has 3 heteroatoms. The molecule has 0 radical (unpaired) electrons. The van der Waals surface area contributed by atoms with Gasteiger partial charge in [-0.05, 0) is 68.7 Å². The van der Waals surface area contributed by atoms with Crippen LogP contribution in [-0.4, -0.2) is 12.1 Å². The second-order valence-corrected chi connectivity index (χ2v) is 7.23. The van der Waals surface area contributed by atoms with Crippen molar-refractivity contribution >= 4 is 15.9 Å². The highest BCUT2D eigenvalue weighted by Gasteiger charge is 2.18. The molecule has 0 heterocycles. The quantitative estimate of drug-likeness (QED) is 0.743. The molecule has 1 aliphatic rings. The number of hydrogen-bond donors (Lipinski definition) is 1. The van der Waals surface area contributed by atoms with Crippen LogP contribution in [0.2, 0.25) is 0 Å². The molecule has 1 aromatic rings. The van der Waals surface area contributed by atoms with Crippen LogP contribution in [0.25, 0.3) is 0 Å². The molecule has 1 unspecified atom stereocenters. The predicted octanol–water partition coefficient (Wildman–Crippen LogP) is 5.14. The lowest BCUT2D eigenvalue weighted by atomic mass is 10.0. The molecule has 0 saturated heterocycles. The van der Waals surface area contributed by atoms with Crippen LogP contribution in [0.3, 0.4) is 0 Å². The highest BCUT2D eigenvalue weighted by molar-refractivity contribution is 9.10. The van der Waals surface area contributed by atoms with Crippen molar-refractivity contribution in [3.63, 3.8) is 0 Å². The van der Waals surface area contributed by atoms with Crippen LogP contribution < -0.4 is 10.5 Å². The zero-order valence-corrected chi connectivity index (χ0v) is 14.9. The molecule has 1 aromatic carbocycles. The third-order valence-electron chi connectivity index (χ3n) is 4.41. The topological polar surface area (TPSA) is 35.2 Å². The fourth-order valence-electron chi connectivity index (χ4n) is 3.07. The van der Waals surface area contributed by atoms with E-state index in [4.69, 9.17) is 10.5 Å². The summed E-state index contributed by atoms with van der Waals surface area (Å²) >= 11 is 3.60. The fraction of sp³-hybridized carbons (Fsp3) is 0.667. The maximum atomic E-state index is 6.42. The van der Waals surface area contributed by atoms with Crippen molar-refractivity contribution in [1.82, 2.24) is 0 Å². The summed E-state index contributed by atoms with van der Waals surface area (Å²) in [6, 6.07) is 4.52. The minimum absolute atomic E-state index is 0.204. The van der Waals surface area contributed by atoms with Gasteiger partial charge in [-0.2, -0.15) is 0 Å². The lowest BCUT2D eigenvalue weighted by Crippen LogP contribution is -2.23. The van der Waals surface area contributed by atoms with E-state index in [0.29, 0.717) is 6.10 Å². The van der Waals surface area contributed by atoms with Crippen LogP contribution in [0.5, 0.6) is 5.75 Å². The lowest BCUT2D eigenvalue weighted by molar-refractivity contribution is 0.180. The van der Waals surface area contributed by atoms with Crippen LogP contribution in [0, 0.1) is 6.92 Å². The number of nitrogens with two attached hydrogens (primary N) is 1. The molecule has 0 bridgehead atoms. The van der Waals surface area contributed by atoms with Crippen molar-refractivity contribution in [3.8, 4) is 5.75 Å². The summed E-state index contributed by atoms with van der Waals surface area (Å²) in [4.78, 5) is 0. The molecule has 2 N–H and O–H groups in total. The van der Waals surface area contributed by atoms with E-state index in [1.807, 2.05) is 0 Å². The Balaban J connectivity index is 2.19. The molecule has 0 aromatic heterocycles. The molecule has 1 saturated carbocycles. The second kappa shape index (κ2) is 8.19. The van der Waals surface area contributed by atoms with Gasteiger partial charge in [0.15, 0.2) is 0 Å². The zero-order chi connectivity index (χ0) is 15.2. The first-order valence-corrected chi connectivity index (χ1v) is 9.10. The summed E-state index contributed by atoms with van der Waals surface area (Å²) < 4.78 is 7.54. The number of rotatable bonds is 5. The van der Waals surface area contributed by atoms with Gasteiger partial charge in [0.25, 0.3) is 0 Å². The van der Waals surface area contributed by atoms with E-state index in [1.165, 1.54) is 49.7 Å². The molecule has 2 nitrogen and oxygen atoms in total. The minimum atomic E-state index is 0.204. The average molecular weight is 354 g/mol. The first-order valence-electron chi connectivity index (χ1n) is 8.31. The molecule has 0 aliphatic heterocycles. The summed E-state index contributed by atoms with van der Waals surface area (Å²) in [5.41, 5.74) is 8.63. The number of ether oxygens (including phenoxy) is 1. The van der Waals surface area contributed by atoms with Crippen LogP contribution in [0.1, 0.15) is 63.0 Å². The normalized spacial score (nSPS) is 18.3. The van der Waals surface area contributed by atoms with E-state index in [9.17, 15) is 0 Å². The number of hydrogen-bond acceptors (Lipinski definition) is 2. The van der Waals surface area contributed by atoms with E-state index in [2.05, 4.69) is 41.9 Å². The predicted molar refractivity (Wildman–Crippen MR) is 93.0 cm³/mol. The van der Waals surface area contributed by atoms with Crippen LogP contribution in [0.4, 0.5) is 0 Å². The third-order valence-corrected chi connectivity index (χ3v) is 4.87. The molecular formula is C18H28BrNO. The number of aryl methyl sites for hydroxylation is 1. The molecule has 1 atom stereocenters. The smallest absolute Gasteiger partial charge is 0.125 e. The van der Waals surface area contributed by atoms with Crippen molar-refractivity contribution in [2.45, 2.75) is 77.4 Å². The van der Waals surface area contributed by atoms with Crippen LogP contribution >= 0.6 is 15.9 Å². The van der Waals surface area contributed by atoms with Crippen molar-refractivity contribution in [2.75, 3.05) is 0 Å². The standard InChI is InChI=1S/C18H28BrNO/c1-3-16(20)12-14-11-15(19)10-13(2)18(14)21-17-8-6-4-5-7-9-17/h10-11,16-17H,3-9,12,20H2,1-2H3. The maximum absolute atomic E-state index is 6.42. The number of benzene rings is 1. The van der Waals surface area contributed by atoms with Crippen molar-refractivity contribution in [2.24, 2.45) is 5.73 Å². The second-order valence-electron chi connectivity index (χ2n) is 6.31. The number of halogens is 1. The van der Waals surface area contributed by atoms with E-state index in [-0.39, 0.29) is 6.04 Å². The Morgan fingerprint density at radius 2 is 1.90 bits per heavy atom. The molecular weight excluding hydrogens is 326 g/mol. The Labute approximate surface area is 137 Å². The minimum Gasteiger partial charge on any atom is -0.490 e. The highest BCUT2D eigenvalue weighted by Crippen LogP contribution is 2.32. The zero-order valence-electron chi connectivity index (χ0n) is 13.3. The molecule has 21 heavy (non-hydrogen) atoms. The molecule has 2 rings (SSSR count). The van der Waals surface area contributed by atoms with E-state index >= 15 is 0 Å². The molecule has 0 spiro atoms. The van der Waals surface area contributed by atoms with Gasteiger partial charge in [0.2, 0.25) is 0 Å². The van der Waals surface area contributed by atoms with E-state index in [1.54, 1.807) is 0 Å². The third kappa shape index (κ3) is 5.00. The lowest BCUT2D eigenvalue weighted by Gasteiger charge is -2.22. The van der Waals surface area contributed by atoms with Gasteiger partial charge in [0.05, 0.1) is 6.10 Å². The van der Waals surface area contributed by atoms with Gasteiger partial charge >= 0.3 is 0 Å². The fourth-order valence-corrected chi connectivity index (χ4v) is 3.69. The van der Waals surface area contributed by atoms with Gasteiger partial charge in [-0.15, -0.1) is 0 Å². The molecule has 118 valence electrons. The summed E-state index contributed by atoms with van der Waals surface area (Å²) in [6.07, 6.45) is 9.94. The van der Waals surface area contributed by atoms with Crippen molar-refractivity contribution < 1.29 is 4.74 Å². The summed E-state index contributed by atoms with van der Waals surface area (Å²) in [5, 5.41) is 0. The van der Waals surface area contributed by atoms with E-state index in [0.717, 1.165) is 23.1 Å². The Morgan fingerprint density at radius 3 is 2.52 bits per heavy atom.